The van der Waals surface area contributed by atoms with Crippen LogP contribution in [0.15, 0.2) is 65.7 Å². The highest BCUT2D eigenvalue weighted by Gasteiger charge is 2.50. The highest BCUT2D eigenvalue weighted by Crippen LogP contribution is 2.61. The van der Waals surface area contributed by atoms with Crippen LogP contribution in [0.3, 0.4) is 0 Å². The topological polar surface area (TPSA) is 54.4 Å². The normalized spacial score (nSPS) is 16.2. The maximum absolute atomic E-state index is 13.4. The number of hydrogen-bond acceptors (Lipinski definition) is 6. The molecule has 0 aliphatic carbocycles. The van der Waals surface area contributed by atoms with Crippen molar-refractivity contribution in [1.29, 1.82) is 0 Å². The second-order valence-corrected chi connectivity index (χ2v) is 13.4. The van der Waals surface area contributed by atoms with Crippen LogP contribution < -0.4 is 9.92 Å². The number of esters is 1. The Labute approximate surface area is 212 Å². The maximum Gasteiger partial charge on any atom is 0.342 e. The third kappa shape index (κ3) is 5.34. The number of morpholine rings is 1. The van der Waals surface area contributed by atoms with Gasteiger partial charge in [-0.3, -0.25) is 0 Å². The Morgan fingerprint density at radius 1 is 1.11 bits per heavy atom. The summed E-state index contributed by atoms with van der Waals surface area (Å²) in [5.41, 5.74) is 2.49. The fraction of sp³-hybridized carbons (Fsp3) is 0.333. The van der Waals surface area contributed by atoms with E-state index >= 15 is 0 Å². The first-order valence-corrected chi connectivity index (χ1v) is 14.8. The van der Waals surface area contributed by atoms with Crippen LogP contribution in [0.1, 0.15) is 17.3 Å². The molecule has 1 unspecified atom stereocenters. The van der Waals surface area contributed by atoms with E-state index in [-0.39, 0.29) is 5.97 Å². The van der Waals surface area contributed by atoms with Gasteiger partial charge >= 0.3 is 5.97 Å². The third-order valence-electron chi connectivity index (χ3n) is 6.03. The molecule has 0 spiro atoms. The van der Waals surface area contributed by atoms with Crippen molar-refractivity contribution in [3.05, 3.63) is 66.2 Å². The Hall–Kier alpha value is -2.57. The average Bonchev–Trinajstić information content (AvgIpc) is 3.29. The van der Waals surface area contributed by atoms with E-state index in [1.807, 2.05) is 44.1 Å². The van der Waals surface area contributed by atoms with E-state index in [0.717, 1.165) is 24.2 Å². The fourth-order valence-electron chi connectivity index (χ4n) is 4.32. The van der Waals surface area contributed by atoms with E-state index in [0.29, 0.717) is 30.4 Å². The summed E-state index contributed by atoms with van der Waals surface area (Å²) in [5, 5.41) is 1.96. The number of hydrogen-bond donors (Lipinski definition) is 0. The summed E-state index contributed by atoms with van der Waals surface area (Å²) < 4.78 is 15.0. The van der Waals surface area contributed by atoms with Crippen LogP contribution in [0.2, 0.25) is 0 Å². The highest BCUT2D eigenvalue weighted by atomic mass is 32.1. The van der Waals surface area contributed by atoms with E-state index in [1.54, 1.807) is 17.7 Å². The lowest BCUT2D eigenvalue weighted by molar-refractivity contribution is 0.0529. The number of rotatable bonds is 8. The summed E-state index contributed by atoms with van der Waals surface area (Å²) in [5.74, 6) is -0.332. The van der Waals surface area contributed by atoms with E-state index < -0.39 is 7.41 Å². The van der Waals surface area contributed by atoms with Gasteiger partial charge in [0, 0.05) is 14.1 Å². The summed E-state index contributed by atoms with van der Waals surface area (Å²) in [6.45, 7) is 7.59. The quantitative estimate of drug-likeness (QED) is 0.191. The predicted molar refractivity (Wildman–Crippen MR) is 148 cm³/mol. The summed E-state index contributed by atoms with van der Waals surface area (Å²) >= 11 is 1.61. The molecule has 1 fully saturated rings. The first kappa shape index (κ1) is 25.5. The van der Waals surface area contributed by atoms with Gasteiger partial charge in [0.25, 0.3) is 0 Å². The molecule has 0 amide bonds. The van der Waals surface area contributed by atoms with Crippen LogP contribution in [0, 0.1) is 0 Å². The van der Waals surface area contributed by atoms with Crippen LogP contribution in [0.4, 0.5) is 5.00 Å². The molecule has 6 nitrogen and oxygen atoms in total. The molecule has 8 heteroatoms. The lowest BCUT2D eigenvalue weighted by atomic mass is 10.0. The van der Waals surface area contributed by atoms with Gasteiger partial charge in [0.05, 0.1) is 51.5 Å². The Morgan fingerprint density at radius 3 is 2.34 bits per heavy atom. The second-order valence-electron chi connectivity index (χ2n) is 8.62. The maximum atomic E-state index is 13.4. The van der Waals surface area contributed by atoms with Crippen LogP contribution in [-0.4, -0.2) is 75.5 Å². The van der Waals surface area contributed by atoms with Crippen molar-refractivity contribution in [3.63, 3.8) is 0 Å². The smallest absolute Gasteiger partial charge is 0.342 e. The Morgan fingerprint density at radius 2 is 1.74 bits per heavy atom. The molecule has 0 radical (unpaired) electrons. The molecule has 4 rings (SSSR count). The van der Waals surface area contributed by atoms with E-state index in [2.05, 4.69) is 53.8 Å². The molecule has 1 aliphatic heterocycles. The molecule has 0 N–H and O–H groups in total. The van der Waals surface area contributed by atoms with Crippen molar-refractivity contribution in [2.45, 2.75) is 6.92 Å². The third-order valence-corrected chi connectivity index (χ3v) is 12.1. The monoisotopic (exact) mass is 510 g/mol. The number of nitrogens with zero attached hydrogens (tertiary/aromatic N) is 3. The minimum atomic E-state index is -2.09. The van der Waals surface area contributed by atoms with Crippen molar-refractivity contribution in [2.75, 3.05) is 53.7 Å². The van der Waals surface area contributed by atoms with Crippen molar-refractivity contribution in [2.24, 2.45) is 4.99 Å². The van der Waals surface area contributed by atoms with Gasteiger partial charge in [-0.15, -0.1) is 0 Å². The van der Waals surface area contributed by atoms with Gasteiger partial charge in [-0.2, -0.15) is 4.67 Å². The van der Waals surface area contributed by atoms with E-state index in [4.69, 9.17) is 14.5 Å². The number of benzene rings is 2. The van der Waals surface area contributed by atoms with Gasteiger partial charge in [0.1, 0.15) is 15.9 Å². The van der Waals surface area contributed by atoms with Crippen LogP contribution in [-0.2, 0) is 9.47 Å². The van der Waals surface area contributed by atoms with E-state index in [9.17, 15) is 4.79 Å². The van der Waals surface area contributed by atoms with Gasteiger partial charge < -0.3 is 14.4 Å². The van der Waals surface area contributed by atoms with Gasteiger partial charge in [-0.25, -0.2) is 9.79 Å². The molecule has 1 saturated heterocycles. The molecule has 2 aromatic carbocycles. The summed E-state index contributed by atoms with van der Waals surface area (Å²) in [7, 11) is 1.76. The molecule has 184 valence electrons. The van der Waals surface area contributed by atoms with Crippen molar-refractivity contribution in [3.8, 4) is 11.1 Å². The lowest BCUT2D eigenvalue weighted by Crippen LogP contribution is -2.43. The second kappa shape index (κ2) is 11.4. The number of aliphatic imine (C=N–C) groups is 1. The van der Waals surface area contributed by atoms with Crippen LogP contribution >= 0.6 is 18.7 Å². The molecular weight excluding hydrogens is 477 g/mol. The SMILES string of the molecule is CCOC(=O)c1c(N=CN(C)C)sc([P+](C)(c2ccccc2)N2CCOCC2)c1-c1ccccc1. The van der Waals surface area contributed by atoms with Gasteiger partial charge in [-0.05, 0) is 24.6 Å². The number of ether oxygens (including phenoxy) is 2. The molecule has 1 atom stereocenters. The van der Waals surface area contributed by atoms with Crippen LogP contribution in [0.5, 0.6) is 0 Å². The van der Waals surface area contributed by atoms with Crippen LogP contribution in [0.25, 0.3) is 11.1 Å². The average molecular weight is 511 g/mol. The summed E-state index contributed by atoms with van der Waals surface area (Å²) in [6, 6.07) is 20.8. The molecule has 3 aromatic rings. The summed E-state index contributed by atoms with van der Waals surface area (Å²) in [6.07, 6.45) is 1.75. The van der Waals surface area contributed by atoms with Crippen molar-refractivity contribution >= 4 is 46.0 Å². The first-order valence-electron chi connectivity index (χ1n) is 11.8. The zero-order chi connectivity index (χ0) is 24.8. The summed E-state index contributed by atoms with van der Waals surface area (Å²) in [4.78, 5) is 20.1. The zero-order valence-electron chi connectivity index (χ0n) is 20.8. The Kier molecular flexibility index (Phi) is 8.34. The largest absolute Gasteiger partial charge is 0.462 e. The molecule has 0 saturated carbocycles. The molecule has 1 aromatic heterocycles. The molecule has 2 heterocycles. The lowest BCUT2D eigenvalue weighted by Gasteiger charge is -2.36. The molecule has 35 heavy (non-hydrogen) atoms. The zero-order valence-corrected chi connectivity index (χ0v) is 22.5. The fourth-order valence-corrected chi connectivity index (χ4v) is 10.1. The number of carbonyl (C=O) groups excluding carboxylic acids is 1. The minimum Gasteiger partial charge on any atom is -0.462 e. The standard InChI is InChI=1S/C27H33N3O3PS/c1-5-33-26(31)24-23(21-12-8-6-9-13-21)27(35-25(24)28-20-29(2)3)34(4,22-14-10-7-11-15-22)30-16-18-32-19-17-30/h6-15,20H,5,16-19H2,1-4H3/q+1. The predicted octanol–water partition coefficient (Wildman–Crippen LogP) is 4.66. The van der Waals surface area contributed by atoms with Crippen molar-refractivity contribution < 1.29 is 14.3 Å². The first-order chi connectivity index (χ1) is 17.0. The molecule has 1 aliphatic rings. The van der Waals surface area contributed by atoms with E-state index in [1.165, 1.54) is 9.92 Å². The Balaban J connectivity index is 2.05. The highest BCUT2D eigenvalue weighted by molar-refractivity contribution is 7.91. The number of carbonyl (C=O) groups is 1. The molecule has 0 bridgehead atoms. The Bertz CT molecular complexity index is 1160. The minimum absolute atomic E-state index is 0.309. The van der Waals surface area contributed by atoms with Gasteiger partial charge in [0.2, 0.25) is 0 Å². The number of thiophene rings is 1. The van der Waals surface area contributed by atoms with Gasteiger partial charge in [0.15, 0.2) is 12.0 Å². The van der Waals surface area contributed by atoms with Gasteiger partial charge in [-0.1, -0.05) is 59.9 Å². The van der Waals surface area contributed by atoms with Crippen molar-refractivity contribution in [1.82, 2.24) is 9.57 Å². The molecular formula is C27H33N3O3PS+.